The highest BCUT2D eigenvalue weighted by molar-refractivity contribution is 8.00. The first-order chi connectivity index (χ1) is 18.3. The quantitative estimate of drug-likeness (QED) is 0.470. The van der Waals surface area contributed by atoms with Gasteiger partial charge in [-0.15, -0.1) is 11.8 Å². The largest absolute Gasteiger partial charge is 0.502 e. The second-order valence-corrected chi connectivity index (χ2v) is 12.8. The number of aromatic nitrogens is 1. The van der Waals surface area contributed by atoms with E-state index in [1.54, 1.807) is 23.9 Å². The van der Waals surface area contributed by atoms with Crippen LogP contribution in [0.25, 0.3) is 0 Å². The summed E-state index contributed by atoms with van der Waals surface area (Å²) in [6, 6.07) is 11.1. The molecule has 2 aliphatic heterocycles. The fourth-order valence-electron chi connectivity index (χ4n) is 7.43. The van der Waals surface area contributed by atoms with E-state index in [9.17, 15) is 19.5 Å². The summed E-state index contributed by atoms with van der Waals surface area (Å²) < 4.78 is 10.9. The Labute approximate surface area is 227 Å². The van der Waals surface area contributed by atoms with Crippen molar-refractivity contribution in [3.05, 3.63) is 62.1 Å². The number of hydrogen-bond donors (Lipinski definition) is 2. The van der Waals surface area contributed by atoms with Gasteiger partial charge in [0.25, 0.3) is 0 Å². The molecule has 8 nitrogen and oxygen atoms in total. The average molecular weight is 551 g/mol. The number of anilines is 1. The highest BCUT2D eigenvalue weighted by Crippen LogP contribution is 2.69. The first-order valence-electron chi connectivity index (χ1n) is 12.6. The molecule has 38 heavy (non-hydrogen) atoms. The van der Waals surface area contributed by atoms with Gasteiger partial charge in [0, 0.05) is 16.0 Å². The molecule has 3 heterocycles. The van der Waals surface area contributed by atoms with Crippen molar-refractivity contribution in [2.45, 2.75) is 29.5 Å². The number of carbonyl (C=O) groups is 2. The molecule has 1 aromatic heterocycles. The van der Waals surface area contributed by atoms with Crippen LogP contribution in [-0.4, -0.2) is 41.4 Å². The number of phenols is 1. The maximum absolute atomic E-state index is 13.9. The number of nitrogens with zero attached hydrogens (tertiary/aromatic N) is 1. The van der Waals surface area contributed by atoms with E-state index in [0.29, 0.717) is 5.69 Å². The van der Waals surface area contributed by atoms with Gasteiger partial charge in [-0.25, -0.2) is 0 Å². The smallest absolute Gasteiger partial charge is 0.305 e. The molecule has 2 aliphatic carbocycles. The van der Waals surface area contributed by atoms with Crippen LogP contribution >= 0.6 is 23.1 Å². The Morgan fingerprint density at radius 2 is 1.61 bits per heavy atom. The van der Waals surface area contributed by atoms with Gasteiger partial charge in [-0.05, 0) is 60.9 Å². The summed E-state index contributed by atoms with van der Waals surface area (Å²) in [6.07, 6.45) is 0.804. The second kappa shape index (κ2) is 8.38. The lowest BCUT2D eigenvalue weighted by atomic mass is 9.68. The van der Waals surface area contributed by atoms with E-state index < -0.39 is 0 Å². The van der Waals surface area contributed by atoms with Crippen molar-refractivity contribution in [3.63, 3.8) is 0 Å². The molecular weight excluding hydrogens is 524 g/mol. The summed E-state index contributed by atoms with van der Waals surface area (Å²) in [5.74, 6) is -0.583. The number of methoxy groups -OCH3 is 2. The van der Waals surface area contributed by atoms with Gasteiger partial charge >= 0.3 is 4.87 Å². The number of aromatic hydroxyl groups is 1. The standard InChI is InChI=1S/C28H26N2O6S2/c1-11-4-6-13(7-5-11)30-26(32)20-14-10-15(21(20)27(30)33)23-19(14)18(24-25(37-23)29-28(34)38-24)12-8-16(35-2)22(31)17(9-12)36-3/h4-9,14-15,18-21,23,31H,10H2,1-3H3,(H,29,34). The third-order valence-electron chi connectivity index (χ3n) is 8.88. The predicted molar refractivity (Wildman–Crippen MR) is 143 cm³/mol. The van der Waals surface area contributed by atoms with Gasteiger partial charge in [0.15, 0.2) is 11.5 Å². The number of aromatic amines is 1. The number of hydrogen-bond acceptors (Lipinski definition) is 8. The number of H-pyrrole nitrogens is 1. The number of amides is 2. The van der Waals surface area contributed by atoms with E-state index in [4.69, 9.17) is 9.47 Å². The number of carbonyl (C=O) groups excluding carboxylic acids is 2. The van der Waals surface area contributed by atoms with Crippen LogP contribution in [0.15, 0.2) is 46.2 Å². The first-order valence-corrected chi connectivity index (χ1v) is 14.3. The molecule has 0 radical (unpaired) electrons. The fraction of sp³-hybridized carbons (Fsp3) is 0.393. The van der Waals surface area contributed by atoms with E-state index in [1.807, 2.05) is 31.2 Å². The minimum atomic E-state index is -0.378. The molecule has 4 aliphatic rings. The summed E-state index contributed by atoms with van der Waals surface area (Å²) in [6.45, 7) is 1.98. The molecule has 7 atom stereocenters. The van der Waals surface area contributed by atoms with Gasteiger partial charge in [-0.1, -0.05) is 29.0 Å². The van der Waals surface area contributed by atoms with Gasteiger partial charge in [-0.3, -0.25) is 19.3 Å². The van der Waals surface area contributed by atoms with Crippen LogP contribution in [-0.2, 0) is 9.59 Å². The summed E-state index contributed by atoms with van der Waals surface area (Å²) in [4.78, 5) is 45.3. The molecule has 0 spiro atoms. The Morgan fingerprint density at radius 1 is 0.974 bits per heavy atom. The molecular formula is C28H26N2O6S2. The highest BCUT2D eigenvalue weighted by Gasteiger charge is 2.69. The Kier molecular flexibility index (Phi) is 5.26. The summed E-state index contributed by atoms with van der Waals surface area (Å²) in [7, 11) is 2.98. The zero-order valence-electron chi connectivity index (χ0n) is 21.0. The second-order valence-electron chi connectivity index (χ2n) is 10.6. The molecule has 2 aromatic carbocycles. The van der Waals surface area contributed by atoms with Crippen LogP contribution in [0.4, 0.5) is 5.69 Å². The molecule has 3 fully saturated rings. The number of fused-ring (bicyclic) bond motifs is 9. The highest BCUT2D eigenvalue weighted by atomic mass is 32.2. The van der Waals surface area contributed by atoms with Crippen molar-refractivity contribution in [2.24, 2.45) is 29.6 Å². The van der Waals surface area contributed by atoms with Gasteiger partial charge in [0.05, 0.1) is 36.8 Å². The lowest BCUT2D eigenvalue weighted by molar-refractivity contribution is -0.123. The maximum atomic E-state index is 13.9. The number of nitrogens with one attached hydrogen (secondary N) is 1. The van der Waals surface area contributed by atoms with Crippen molar-refractivity contribution in [1.29, 1.82) is 0 Å². The van der Waals surface area contributed by atoms with Gasteiger partial charge in [0.1, 0.15) is 0 Å². The summed E-state index contributed by atoms with van der Waals surface area (Å²) in [5, 5.41) is 11.5. The van der Waals surface area contributed by atoms with Gasteiger partial charge in [-0.2, -0.15) is 0 Å². The van der Waals surface area contributed by atoms with Crippen molar-refractivity contribution in [3.8, 4) is 17.2 Å². The fourth-order valence-corrected chi connectivity index (χ4v) is 10.3. The number of phenolic OH excluding ortho intramolecular Hbond substituents is 1. The SMILES string of the molecule is COc1cc(C2c3sc(=O)[nH]c3SC3C4CC(C5C(=O)N(c6ccc(C)cc6)C(=O)C45)C23)cc(OC)c1O. The Hall–Kier alpha value is -3.24. The van der Waals surface area contributed by atoms with Crippen LogP contribution in [0.5, 0.6) is 17.2 Å². The summed E-state index contributed by atoms with van der Waals surface area (Å²) >= 11 is 2.83. The minimum absolute atomic E-state index is 0.00413. The molecule has 3 aromatic rings. The van der Waals surface area contributed by atoms with Gasteiger partial charge in [0.2, 0.25) is 17.6 Å². The van der Waals surface area contributed by atoms with Crippen LogP contribution in [0, 0.1) is 36.5 Å². The Balaban J connectivity index is 1.34. The molecule has 7 unspecified atom stereocenters. The number of thioether (sulfide) groups is 1. The topological polar surface area (TPSA) is 109 Å². The average Bonchev–Trinajstić information content (AvgIpc) is 3.64. The molecule has 10 heteroatoms. The molecule has 196 valence electrons. The maximum Gasteiger partial charge on any atom is 0.305 e. The lowest BCUT2D eigenvalue weighted by Crippen LogP contribution is -2.42. The number of ether oxygens (including phenoxy) is 2. The van der Waals surface area contributed by atoms with Crippen LogP contribution in [0.2, 0.25) is 0 Å². The van der Waals surface area contributed by atoms with E-state index >= 15 is 0 Å². The molecule has 1 saturated heterocycles. The zero-order chi connectivity index (χ0) is 26.5. The van der Waals surface area contributed by atoms with Crippen molar-refractivity contribution >= 4 is 40.6 Å². The van der Waals surface area contributed by atoms with Crippen LogP contribution in [0.3, 0.4) is 0 Å². The normalized spacial score (nSPS) is 30.8. The molecule has 2 bridgehead atoms. The van der Waals surface area contributed by atoms with E-state index in [1.165, 1.54) is 30.5 Å². The van der Waals surface area contributed by atoms with Crippen molar-refractivity contribution in [1.82, 2.24) is 4.98 Å². The third kappa shape index (κ3) is 3.13. The number of benzene rings is 2. The Bertz CT molecular complexity index is 1520. The van der Waals surface area contributed by atoms with E-state index in [2.05, 4.69) is 4.98 Å². The minimum Gasteiger partial charge on any atom is -0.502 e. The van der Waals surface area contributed by atoms with E-state index in [-0.39, 0.29) is 74.7 Å². The zero-order valence-corrected chi connectivity index (χ0v) is 22.6. The van der Waals surface area contributed by atoms with Crippen LogP contribution in [0.1, 0.15) is 28.3 Å². The van der Waals surface area contributed by atoms with Gasteiger partial charge < -0.3 is 19.6 Å². The van der Waals surface area contributed by atoms with Crippen molar-refractivity contribution in [2.75, 3.05) is 19.1 Å². The monoisotopic (exact) mass is 550 g/mol. The molecule has 2 saturated carbocycles. The lowest BCUT2D eigenvalue weighted by Gasteiger charge is -2.43. The van der Waals surface area contributed by atoms with E-state index in [0.717, 1.165) is 27.5 Å². The number of rotatable bonds is 4. The number of thiazole rings is 1. The summed E-state index contributed by atoms with van der Waals surface area (Å²) in [5.41, 5.74) is 2.56. The molecule has 2 N–H and O–H groups in total. The molecule has 2 amide bonds. The number of imide groups is 1. The van der Waals surface area contributed by atoms with Crippen molar-refractivity contribution < 1.29 is 24.2 Å². The Morgan fingerprint density at radius 3 is 2.24 bits per heavy atom. The number of aryl methyl sites for hydroxylation is 1. The predicted octanol–water partition coefficient (Wildman–Crippen LogP) is 4.15. The van der Waals surface area contributed by atoms with Crippen LogP contribution < -0.4 is 19.2 Å². The third-order valence-corrected chi connectivity index (χ3v) is 11.5. The first kappa shape index (κ1) is 23.8. The molecule has 7 rings (SSSR count).